The summed E-state index contributed by atoms with van der Waals surface area (Å²) in [5.74, 6) is -1.27. The highest BCUT2D eigenvalue weighted by atomic mass is 16.4. The van der Waals surface area contributed by atoms with Gasteiger partial charge < -0.3 is 10.4 Å². The van der Waals surface area contributed by atoms with Crippen LogP contribution in [0, 0.1) is 23.2 Å². The van der Waals surface area contributed by atoms with Crippen molar-refractivity contribution in [2.24, 2.45) is 23.2 Å². The summed E-state index contributed by atoms with van der Waals surface area (Å²) in [7, 11) is 0. The SMILES string of the molecule is CCC1CC(C(=O)O)C(C(=O)NCC2(CC)CC2)C1. The molecule has 0 aliphatic heterocycles. The van der Waals surface area contributed by atoms with Gasteiger partial charge in [-0.25, -0.2) is 0 Å². The van der Waals surface area contributed by atoms with Crippen molar-refractivity contribution in [3.8, 4) is 0 Å². The van der Waals surface area contributed by atoms with E-state index in [4.69, 9.17) is 0 Å². The van der Waals surface area contributed by atoms with Crippen molar-refractivity contribution < 1.29 is 14.7 Å². The molecule has 3 atom stereocenters. The number of rotatable bonds is 6. The van der Waals surface area contributed by atoms with Gasteiger partial charge in [-0.1, -0.05) is 20.3 Å². The highest BCUT2D eigenvalue weighted by Crippen LogP contribution is 2.48. The number of hydrogen-bond acceptors (Lipinski definition) is 2. The Morgan fingerprint density at radius 1 is 1.21 bits per heavy atom. The van der Waals surface area contributed by atoms with Crippen LogP contribution >= 0.6 is 0 Å². The van der Waals surface area contributed by atoms with Gasteiger partial charge in [-0.15, -0.1) is 0 Å². The molecule has 0 aromatic carbocycles. The second-order valence-electron chi connectivity index (χ2n) is 6.37. The van der Waals surface area contributed by atoms with Crippen molar-refractivity contribution in [3.05, 3.63) is 0 Å². The summed E-state index contributed by atoms with van der Waals surface area (Å²) >= 11 is 0. The molecule has 4 heteroatoms. The zero-order chi connectivity index (χ0) is 14.0. The average Bonchev–Trinajstić information content (AvgIpc) is 3.05. The van der Waals surface area contributed by atoms with Crippen LogP contribution in [0.25, 0.3) is 0 Å². The maximum Gasteiger partial charge on any atom is 0.307 e. The van der Waals surface area contributed by atoms with E-state index in [1.165, 1.54) is 12.8 Å². The van der Waals surface area contributed by atoms with Crippen LogP contribution in [0.2, 0.25) is 0 Å². The number of carboxylic acid groups (broad SMARTS) is 1. The number of carbonyl (C=O) groups excluding carboxylic acids is 1. The van der Waals surface area contributed by atoms with E-state index in [0.717, 1.165) is 25.8 Å². The molecule has 0 heterocycles. The lowest BCUT2D eigenvalue weighted by Crippen LogP contribution is -2.38. The number of aliphatic carboxylic acids is 1. The Morgan fingerprint density at radius 3 is 2.32 bits per heavy atom. The first kappa shape index (κ1) is 14.4. The molecule has 0 bridgehead atoms. The van der Waals surface area contributed by atoms with Crippen molar-refractivity contribution >= 4 is 11.9 Å². The van der Waals surface area contributed by atoms with Crippen LogP contribution in [-0.4, -0.2) is 23.5 Å². The third kappa shape index (κ3) is 3.10. The molecule has 19 heavy (non-hydrogen) atoms. The molecule has 1 amide bonds. The molecule has 0 aromatic heterocycles. The molecule has 0 spiro atoms. The van der Waals surface area contributed by atoms with Gasteiger partial charge in [0.1, 0.15) is 0 Å². The lowest BCUT2D eigenvalue weighted by Gasteiger charge is -2.18. The molecule has 2 N–H and O–H groups in total. The number of nitrogens with one attached hydrogen (secondary N) is 1. The Labute approximate surface area is 115 Å². The van der Waals surface area contributed by atoms with Crippen molar-refractivity contribution in [1.29, 1.82) is 0 Å². The average molecular weight is 267 g/mol. The molecule has 2 fully saturated rings. The van der Waals surface area contributed by atoms with E-state index < -0.39 is 11.9 Å². The molecule has 108 valence electrons. The fourth-order valence-corrected chi connectivity index (χ4v) is 3.28. The van der Waals surface area contributed by atoms with E-state index in [1.54, 1.807) is 0 Å². The van der Waals surface area contributed by atoms with Crippen LogP contribution in [0.4, 0.5) is 0 Å². The summed E-state index contributed by atoms with van der Waals surface area (Å²) in [4.78, 5) is 23.5. The van der Waals surface area contributed by atoms with Gasteiger partial charge >= 0.3 is 5.97 Å². The van der Waals surface area contributed by atoms with Crippen molar-refractivity contribution in [1.82, 2.24) is 5.32 Å². The van der Waals surface area contributed by atoms with Crippen LogP contribution in [0.15, 0.2) is 0 Å². The van der Waals surface area contributed by atoms with Gasteiger partial charge in [0.2, 0.25) is 5.91 Å². The van der Waals surface area contributed by atoms with Gasteiger partial charge in [0.25, 0.3) is 0 Å². The Bertz CT molecular complexity index is 362. The molecule has 0 radical (unpaired) electrons. The Morgan fingerprint density at radius 2 is 1.84 bits per heavy atom. The summed E-state index contributed by atoms with van der Waals surface area (Å²) in [6.45, 7) is 4.95. The minimum absolute atomic E-state index is 0.0388. The van der Waals surface area contributed by atoms with Crippen LogP contribution in [0.3, 0.4) is 0 Å². The topological polar surface area (TPSA) is 66.4 Å². The van der Waals surface area contributed by atoms with Crippen molar-refractivity contribution in [2.75, 3.05) is 6.54 Å². The van der Waals surface area contributed by atoms with Crippen LogP contribution in [0.5, 0.6) is 0 Å². The van der Waals surface area contributed by atoms with Crippen molar-refractivity contribution in [3.63, 3.8) is 0 Å². The van der Waals surface area contributed by atoms with E-state index in [0.29, 0.717) is 17.8 Å². The number of carboxylic acids is 1. The maximum absolute atomic E-state index is 12.2. The van der Waals surface area contributed by atoms with E-state index in [-0.39, 0.29) is 11.8 Å². The maximum atomic E-state index is 12.2. The van der Waals surface area contributed by atoms with Crippen LogP contribution in [-0.2, 0) is 9.59 Å². The summed E-state index contributed by atoms with van der Waals surface area (Å²) in [6.07, 6.45) is 5.83. The third-order valence-corrected chi connectivity index (χ3v) is 5.24. The summed E-state index contributed by atoms with van der Waals surface area (Å²) < 4.78 is 0. The molecular weight excluding hydrogens is 242 g/mol. The monoisotopic (exact) mass is 267 g/mol. The molecule has 2 aliphatic carbocycles. The lowest BCUT2D eigenvalue weighted by atomic mass is 9.95. The quantitative estimate of drug-likeness (QED) is 0.776. The first-order chi connectivity index (χ1) is 9.01. The first-order valence-corrected chi connectivity index (χ1v) is 7.52. The molecule has 4 nitrogen and oxygen atoms in total. The van der Waals surface area contributed by atoms with Gasteiger partial charge in [-0.2, -0.15) is 0 Å². The Balaban J connectivity index is 1.91. The molecule has 0 saturated heterocycles. The highest BCUT2D eigenvalue weighted by molar-refractivity contribution is 5.85. The predicted molar refractivity (Wildman–Crippen MR) is 72.6 cm³/mol. The minimum Gasteiger partial charge on any atom is -0.481 e. The zero-order valence-electron chi connectivity index (χ0n) is 11.9. The van der Waals surface area contributed by atoms with E-state index in [1.807, 2.05) is 0 Å². The van der Waals surface area contributed by atoms with Gasteiger partial charge in [0.15, 0.2) is 0 Å². The number of carbonyl (C=O) groups is 2. The summed E-state index contributed by atoms with van der Waals surface area (Å²) in [6, 6.07) is 0. The second kappa shape index (κ2) is 5.51. The zero-order valence-corrected chi connectivity index (χ0v) is 11.9. The number of amides is 1. The molecule has 2 saturated carbocycles. The fraction of sp³-hybridized carbons (Fsp3) is 0.867. The Kier molecular flexibility index (Phi) is 4.16. The molecule has 2 rings (SSSR count). The van der Waals surface area contributed by atoms with Gasteiger partial charge in [-0.3, -0.25) is 9.59 Å². The molecule has 0 aromatic rings. The molecule has 2 aliphatic rings. The normalized spacial score (nSPS) is 32.0. The van der Waals surface area contributed by atoms with Crippen LogP contribution in [0.1, 0.15) is 52.4 Å². The highest BCUT2D eigenvalue weighted by Gasteiger charge is 2.44. The second-order valence-corrected chi connectivity index (χ2v) is 6.37. The van der Waals surface area contributed by atoms with Gasteiger partial charge in [-0.05, 0) is 43.4 Å². The molecular formula is C15H25NO3. The number of hydrogen-bond donors (Lipinski definition) is 2. The Hall–Kier alpha value is -1.06. The fourth-order valence-electron chi connectivity index (χ4n) is 3.28. The van der Waals surface area contributed by atoms with Gasteiger partial charge in [0.05, 0.1) is 11.8 Å². The first-order valence-electron chi connectivity index (χ1n) is 7.52. The third-order valence-electron chi connectivity index (χ3n) is 5.24. The predicted octanol–water partition coefficient (Wildman–Crippen LogP) is 2.43. The smallest absolute Gasteiger partial charge is 0.307 e. The van der Waals surface area contributed by atoms with Gasteiger partial charge in [0, 0.05) is 6.54 Å². The van der Waals surface area contributed by atoms with Crippen molar-refractivity contribution in [2.45, 2.75) is 52.4 Å². The standard InChI is InChI=1S/C15H25NO3/c1-3-10-7-11(12(8-10)14(18)19)13(17)16-9-15(4-2)5-6-15/h10-12H,3-9H2,1-2H3,(H,16,17)(H,18,19). The van der Waals surface area contributed by atoms with E-state index in [2.05, 4.69) is 19.2 Å². The van der Waals surface area contributed by atoms with Crippen LogP contribution < -0.4 is 5.32 Å². The summed E-state index contributed by atoms with van der Waals surface area (Å²) in [5.41, 5.74) is 0.317. The minimum atomic E-state index is -0.812. The van der Waals surface area contributed by atoms with E-state index >= 15 is 0 Å². The molecule has 3 unspecified atom stereocenters. The van der Waals surface area contributed by atoms with E-state index in [9.17, 15) is 14.7 Å². The largest absolute Gasteiger partial charge is 0.481 e. The lowest BCUT2D eigenvalue weighted by molar-refractivity contribution is -0.146. The summed E-state index contributed by atoms with van der Waals surface area (Å²) in [5, 5.41) is 12.3.